The highest BCUT2D eigenvalue weighted by atomic mass is 16.4. The van der Waals surface area contributed by atoms with Crippen molar-refractivity contribution in [2.24, 2.45) is 23.3 Å². The van der Waals surface area contributed by atoms with Gasteiger partial charge in [0.2, 0.25) is 112 Å². The summed E-state index contributed by atoms with van der Waals surface area (Å²) in [4.78, 5) is 281. The van der Waals surface area contributed by atoms with Crippen LogP contribution in [-0.4, -0.2) is 303 Å². The Kier molecular flexibility index (Phi) is 40.0. The molecule has 2 aromatic rings. The molecule has 2 aromatic carbocycles. The minimum atomic E-state index is -2.01. The molecule has 23 N–H and O–H groups in total. The third-order valence-electron chi connectivity index (χ3n) is 23.5. The van der Waals surface area contributed by atoms with Gasteiger partial charge >= 0.3 is 5.97 Å². The van der Waals surface area contributed by atoms with Gasteiger partial charge in [-0.25, -0.2) is 4.79 Å². The average Bonchev–Trinajstić information content (AvgIpc) is 1.66. The van der Waals surface area contributed by atoms with Crippen molar-refractivity contribution in [3.63, 3.8) is 0 Å². The number of nitrogens with one attached hydrogen (secondary N) is 14. The maximum atomic E-state index is 14.8. The lowest BCUT2D eigenvalue weighted by atomic mass is 9.94. The van der Waals surface area contributed by atoms with Gasteiger partial charge in [0.15, 0.2) is 0 Å². The molecule has 44 heteroatoms. The first-order valence-electron chi connectivity index (χ1n) is 44.5. The second-order valence-electron chi connectivity index (χ2n) is 37.7. The first-order chi connectivity index (χ1) is 61.7. The summed E-state index contributed by atoms with van der Waals surface area (Å²) in [5.74, 6) is -20.1. The van der Waals surface area contributed by atoms with Gasteiger partial charge in [-0.15, -0.1) is 0 Å². The molecule has 0 aromatic heterocycles. The van der Waals surface area contributed by atoms with E-state index in [2.05, 4.69) is 74.4 Å². The van der Waals surface area contributed by atoms with E-state index in [9.17, 15) is 121 Å². The SMILES string of the molecule is CC[C@H](C)[C@H](NC(=O)C(C)(C)NC(=O)[C@H](CCC(N)=O)NC(=O)[C@](C)(CC)NC(=O)[C@H](Cc1ccccc1)NC(C)=O)C(=O)N[C@H](C(=O)NC(C)(C)C(=O)N[C@@H](CC(C)C)C(=O)NC(C)(C)C(=O)N1C[C@H](O)C[C@H]1C(=O)N[C@@H](CCC(N)=O)C(=O)NC(C)(C)C(=O)N1C[C@H](O)C[C@H]1C(=O)NC(C)(C)C(=O)N1CCC[C@H]1C(=O)N[C@@H](Cc1ccccc1)C(=O)N[C@@H](CO)C(=O)O)[C@@H](C)O. The lowest BCUT2D eigenvalue weighted by molar-refractivity contribution is -0.148. The molecule has 133 heavy (non-hydrogen) atoms. The Morgan fingerprint density at radius 2 is 0.842 bits per heavy atom. The van der Waals surface area contributed by atoms with Gasteiger partial charge in [-0.3, -0.25) is 91.1 Å². The monoisotopic (exact) mass is 1870 g/mol. The second kappa shape index (κ2) is 47.9. The smallest absolute Gasteiger partial charge is 0.328 e. The number of aliphatic hydroxyl groups is 4. The summed E-state index contributed by atoms with van der Waals surface area (Å²) < 4.78 is 0. The van der Waals surface area contributed by atoms with E-state index < -0.39 is 288 Å². The van der Waals surface area contributed by atoms with E-state index in [-0.39, 0.29) is 63.8 Å². The van der Waals surface area contributed by atoms with Crippen LogP contribution >= 0.6 is 0 Å². The zero-order valence-corrected chi connectivity index (χ0v) is 78.9. The van der Waals surface area contributed by atoms with Gasteiger partial charge in [-0.1, -0.05) is 102 Å². The van der Waals surface area contributed by atoms with Gasteiger partial charge in [0.05, 0.1) is 24.9 Å². The van der Waals surface area contributed by atoms with E-state index in [1.807, 2.05) is 0 Å². The second-order valence-corrected chi connectivity index (χ2v) is 37.7. The summed E-state index contributed by atoms with van der Waals surface area (Å²) in [5.41, 5.74) is 0.812. The summed E-state index contributed by atoms with van der Waals surface area (Å²) in [7, 11) is 0. The van der Waals surface area contributed by atoms with E-state index in [1.165, 1.54) is 88.0 Å². The van der Waals surface area contributed by atoms with Crippen molar-refractivity contribution in [2.75, 3.05) is 26.2 Å². The number of carboxylic acid groups (broad SMARTS) is 1. The van der Waals surface area contributed by atoms with Gasteiger partial charge in [-0.2, -0.15) is 0 Å². The van der Waals surface area contributed by atoms with Crippen molar-refractivity contribution < 1.29 is 121 Å². The number of aliphatic carboxylic acids is 1. The van der Waals surface area contributed by atoms with Crippen LogP contribution in [0.15, 0.2) is 60.7 Å². The first-order valence-corrected chi connectivity index (χ1v) is 44.5. The first kappa shape index (κ1) is 111. The molecule has 0 unspecified atom stereocenters. The van der Waals surface area contributed by atoms with E-state index in [1.54, 1.807) is 95.3 Å². The fraction of sp³-hybridized carbons (Fsp3) is 0.640. The fourth-order valence-electron chi connectivity index (χ4n) is 15.3. The minimum absolute atomic E-state index is 0.0154. The number of aliphatic hydroxyl groups excluding tert-OH is 4. The Hall–Kier alpha value is -12.3. The Balaban J connectivity index is 1.25. The number of rotatable bonds is 48. The molecule has 44 nitrogen and oxygen atoms in total. The Labute approximate surface area is 772 Å². The van der Waals surface area contributed by atoms with Crippen molar-refractivity contribution >= 4 is 118 Å². The topological polar surface area (TPSA) is 673 Å². The normalized spacial score (nSPS) is 19.1. The molecule has 0 spiro atoms. The van der Waals surface area contributed by atoms with Gasteiger partial charge in [-0.05, 0) is 145 Å². The minimum Gasteiger partial charge on any atom is -0.480 e. The molecular weight excluding hydrogens is 1740 g/mol. The number of hydrogen-bond donors (Lipinski definition) is 21. The molecule has 3 saturated heterocycles. The number of carboxylic acids is 1. The number of nitrogens with zero attached hydrogens (tertiary/aromatic N) is 3. The van der Waals surface area contributed by atoms with Crippen LogP contribution in [0.2, 0.25) is 0 Å². The van der Waals surface area contributed by atoms with Crippen LogP contribution < -0.4 is 85.9 Å². The van der Waals surface area contributed by atoms with E-state index in [0.717, 1.165) is 16.7 Å². The molecule has 0 saturated carbocycles. The lowest BCUT2D eigenvalue weighted by Gasteiger charge is -2.37. The highest BCUT2D eigenvalue weighted by Crippen LogP contribution is 2.29. The number of carbonyl (C=O) groups excluding carboxylic acids is 19. The maximum Gasteiger partial charge on any atom is 0.328 e. The summed E-state index contributed by atoms with van der Waals surface area (Å²) in [6.07, 6.45) is -6.62. The molecule has 0 aliphatic carbocycles. The number of primary amides is 2. The predicted molar refractivity (Wildman–Crippen MR) is 479 cm³/mol. The summed E-state index contributed by atoms with van der Waals surface area (Å²) in [6.45, 7) is 22.8. The van der Waals surface area contributed by atoms with E-state index >= 15 is 0 Å². The molecule has 5 rings (SSSR count). The summed E-state index contributed by atoms with van der Waals surface area (Å²) in [5, 5.41) is 87.9. The standard InChI is InChI=1S/C89H137N19O25/c1-19-47(5)65(99-79(129)85(10,11)100-69(118)55(34-36-64(91)115)96-80(130)89(18,20-2)105-71(120)58(92-49(7)111)40-51-30-25-22-26-31-51)75(124)98-66(48(6)110)76(125)104-84(8,9)78(128)97-56(38-46(3)4)70(119)102-88(16,17)82(132)107-43-52(112)41-61(107)73(122)93-54(33-35-63(90)114)68(117)101-87(14,15)83(133)108-44-53(113)42-62(108)74(123)103-86(12,13)81(131)106-37-27-32-60(106)72(121)94-57(39-50-28-23-21-24-29-50)67(116)95-59(45-109)77(126)127/h21-26,28-31,46-48,52-62,65-66,109-110,112-113H,19-20,27,32-45H2,1-18H3,(H2,90,114)(H2,91,115)(H,92,111)(H,93,122)(H,94,121)(H,95,116)(H,96,130)(H,97,128)(H,98,124)(H,99,129)(H,100,118)(H,101,117)(H,102,119)(H,103,123)(H,104,125)(H,105,120)(H,126,127)/t47-,48+,52+,53+,54-,55-,56-,57-,58-,59-,60-,61-,62-,65-,66-,89-/m0/s1. The van der Waals surface area contributed by atoms with Crippen LogP contribution in [0.3, 0.4) is 0 Å². The lowest BCUT2D eigenvalue weighted by Crippen LogP contribution is -2.66. The molecule has 3 fully saturated rings. The molecule has 0 bridgehead atoms. The Morgan fingerprint density at radius 1 is 0.436 bits per heavy atom. The van der Waals surface area contributed by atoms with Crippen LogP contribution in [0.1, 0.15) is 206 Å². The van der Waals surface area contributed by atoms with Crippen LogP contribution in [0, 0.1) is 11.8 Å². The van der Waals surface area contributed by atoms with Gasteiger partial charge in [0.1, 0.15) is 99.7 Å². The number of β-amino-alcohol motifs (C(OH)–C–C–N with tert-alkyl or cyclic N) is 2. The van der Waals surface area contributed by atoms with Gasteiger partial charge < -0.3 is 126 Å². The van der Waals surface area contributed by atoms with Crippen LogP contribution in [-0.2, 0) is 109 Å². The third kappa shape index (κ3) is 31.7. The zero-order valence-electron chi connectivity index (χ0n) is 78.9. The fourth-order valence-corrected chi connectivity index (χ4v) is 15.3. The van der Waals surface area contributed by atoms with Gasteiger partial charge in [0, 0.05) is 65.1 Å². The Morgan fingerprint density at radius 3 is 1.29 bits per heavy atom. The number of likely N-dealkylation sites (tertiary alicyclic amines) is 3. The largest absolute Gasteiger partial charge is 0.480 e. The maximum absolute atomic E-state index is 14.8. The molecule has 738 valence electrons. The van der Waals surface area contributed by atoms with Crippen molar-refractivity contribution in [1.29, 1.82) is 0 Å². The molecule has 3 heterocycles. The van der Waals surface area contributed by atoms with Crippen molar-refractivity contribution in [2.45, 2.75) is 326 Å². The summed E-state index contributed by atoms with van der Waals surface area (Å²) in [6, 6.07) is 0.570. The third-order valence-corrected chi connectivity index (χ3v) is 23.5. The predicted octanol–water partition coefficient (Wildman–Crippen LogP) is -4.88. The molecule has 0 radical (unpaired) electrons. The Bertz CT molecular complexity index is 4590. The van der Waals surface area contributed by atoms with Crippen LogP contribution in [0.25, 0.3) is 0 Å². The highest BCUT2D eigenvalue weighted by molar-refractivity contribution is 6.04. The van der Waals surface area contributed by atoms with Crippen molar-refractivity contribution in [3.05, 3.63) is 71.8 Å². The molecule has 19 amide bonds. The van der Waals surface area contributed by atoms with Crippen LogP contribution in [0.5, 0.6) is 0 Å². The summed E-state index contributed by atoms with van der Waals surface area (Å²) >= 11 is 0. The number of amides is 19. The van der Waals surface area contributed by atoms with Gasteiger partial charge in [0.25, 0.3) is 0 Å². The highest BCUT2D eigenvalue weighted by Gasteiger charge is 2.52. The number of nitrogens with two attached hydrogens (primary N) is 2. The van der Waals surface area contributed by atoms with Crippen LogP contribution in [0.4, 0.5) is 0 Å². The number of hydrogen-bond acceptors (Lipinski definition) is 24. The molecule has 16 atom stereocenters. The van der Waals surface area contributed by atoms with Crippen molar-refractivity contribution in [1.82, 2.24) is 89.1 Å². The van der Waals surface area contributed by atoms with E-state index in [0.29, 0.717) is 17.5 Å². The van der Waals surface area contributed by atoms with Crippen molar-refractivity contribution in [3.8, 4) is 0 Å². The molecule has 3 aliphatic heterocycles. The average molecular weight is 1870 g/mol. The zero-order chi connectivity index (χ0) is 101. The molecular formula is C89H137N19O25. The van der Waals surface area contributed by atoms with E-state index in [4.69, 9.17) is 11.5 Å². The molecule has 3 aliphatic rings. The number of benzene rings is 2. The quantitative estimate of drug-likeness (QED) is 0.0295. The number of carbonyl (C=O) groups is 20.